The van der Waals surface area contributed by atoms with Gasteiger partial charge in [-0.1, -0.05) is 0 Å². The van der Waals surface area contributed by atoms with E-state index in [4.69, 9.17) is 9.73 Å². The molecule has 0 spiro atoms. The van der Waals surface area contributed by atoms with E-state index in [2.05, 4.69) is 10.4 Å². The average Bonchev–Trinajstić information content (AvgIpc) is 3.16. The average molecular weight is 575 g/mol. The Balaban J connectivity index is 0.00000385. The number of aryl methyl sites for hydroxylation is 1. The highest BCUT2D eigenvalue weighted by atomic mass is 127. The number of carbonyl (C=O) groups is 2. The molecule has 2 amide bonds. The lowest BCUT2D eigenvalue weighted by molar-refractivity contribution is -0.120. The summed E-state index contributed by atoms with van der Waals surface area (Å²) in [6.45, 7) is 12.1. The number of amides is 2. The number of hydrogen-bond donors (Lipinski definition) is 1. The van der Waals surface area contributed by atoms with E-state index >= 15 is 0 Å². The fourth-order valence-corrected chi connectivity index (χ4v) is 3.94. The van der Waals surface area contributed by atoms with Crippen LogP contribution in [0.15, 0.2) is 17.4 Å². The second kappa shape index (κ2) is 11.9. The van der Waals surface area contributed by atoms with Crippen LogP contribution in [0.4, 0.5) is 10.5 Å². The summed E-state index contributed by atoms with van der Waals surface area (Å²) in [5, 5.41) is 7.49. The van der Waals surface area contributed by atoms with Gasteiger partial charge in [-0.3, -0.25) is 14.5 Å². The summed E-state index contributed by atoms with van der Waals surface area (Å²) >= 11 is 0. The molecule has 3 rings (SSSR count). The van der Waals surface area contributed by atoms with Crippen molar-refractivity contribution in [3.8, 4) is 0 Å². The zero-order chi connectivity index (χ0) is 23.3. The zero-order valence-electron chi connectivity index (χ0n) is 20.4. The fraction of sp³-hybridized carbons (Fsp3) is 0.727. The molecule has 2 aliphatic heterocycles. The van der Waals surface area contributed by atoms with E-state index in [0.717, 1.165) is 31.0 Å². The lowest BCUT2D eigenvalue weighted by atomic mass is 9.97. The lowest BCUT2D eigenvalue weighted by Crippen LogP contribution is -2.55. The number of anilines is 1. The van der Waals surface area contributed by atoms with E-state index in [1.807, 2.05) is 45.8 Å². The van der Waals surface area contributed by atoms with Crippen molar-refractivity contribution >= 4 is 47.6 Å². The van der Waals surface area contributed by atoms with Crippen LogP contribution in [0.25, 0.3) is 0 Å². The Morgan fingerprint density at radius 3 is 2.45 bits per heavy atom. The van der Waals surface area contributed by atoms with Crippen LogP contribution in [0.5, 0.6) is 0 Å². The minimum atomic E-state index is -0.475. The van der Waals surface area contributed by atoms with Crippen molar-refractivity contribution in [1.29, 1.82) is 0 Å². The molecule has 186 valence electrons. The van der Waals surface area contributed by atoms with E-state index in [9.17, 15) is 9.59 Å². The third-order valence-electron chi connectivity index (χ3n) is 5.62. The molecule has 3 heterocycles. The molecule has 10 nitrogen and oxygen atoms in total. The molecule has 2 fully saturated rings. The summed E-state index contributed by atoms with van der Waals surface area (Å²) < 4.78 is 7.18. The van der Waals surface area contributed by atoms with Gasteiger partial charge < -0.3 is 24.8 Å². The predicted octanol–water partition coefficient (Wildman–Crippen LogP) is 2.30. The zero-order valence-corrected chi connectivity index (χ0v) is 22.7. The SMILES string of the molecule is CCNC(=NCC1CCN(C(=O)OC(C)(C)C)CC1)N1CCN(c2cnn(C)c2)C(=O)C1.I. The highest BCUT2D eigenvalue weighted by Crippen LogP contribution is 2.21. The molecule has 1 aromatic rings. The van der Waals surface area contributed by atoms with Crippen molar-refractivity contribution < 1.29 is 14.3 Å². The number of rotatable bonds is 4. The van der Waals surface area contributed by atoms with Gasteiger partial charge in [-0.15, -0.1) is 24.0 Å². The van der Waals surface area contributed by atoms with E-state index in [1.54, 1.807) is 20.7 Å². The van der Waals surface area contributed by atoms with Gasteiger partial charge in [0.25, 0.3) is 0 Å². The van der Waals surface area contributed by atoms with Crippen LogP contribution in [0, 0.1) is 5.92 Å². The lowest BCUT2D eigenvalue weighted by Gasteiger charge is -2.36. The number of nitrogens with one attached hydrogen (secondary N) is 1. The number of ether oxygens (including phenoxy) is 1. The Kier molecular flexibility index (Phi) is 9.80. The van der Waals surface area contributed by atoms with Crippen molar-refractivity contribution in [1.82, 2.24) is 24.9 Å². The number of halogens is 1. The molecule has 0 unspecified atom stereocenters. The van der Waals surface area contributed by atoms with Gasteiger partial charge in [0.2, 0.25) is 5.91 Å². The molecule has 0 atom stereocenters. The molecule has 0 aromatic carbocycles. The van der Waals surface area contributed by atoms with Crippen LogP contribution in [0.3, 0.4) is 0 Å². The molecular formula is C22H38IN7O3. The van der Waals surface area contributed by atoms with Crippen molar-refractivity contribution in [2.75, 3.05) is 50.7 Å². The van der Waals surface area contributed by atoms with Crippen molar-refractivity contribution in [2.24, 2.45) is 18.0 Å². The summed E-state index contributed by atoms with van der Waals surface area (Å²) in [4.78, 5) is 35.4. The Morgan fingerprint density at radius 1 is 1.21 bits per heavy atom. The number of piperidine rings is 1. The molecule has 0 bridgehead atoms. The first kappa shape index (κ1) is 27.2. The number of piperazine rings is 1. The largest absolute Gasteiger partial charge is 0.444 e. The number of nitrogens with zero attached hydrogens (tertiary/aromatic N) is 6. The van der Waals surface area contributed by atoms with E-state index in [1.165, 1.54) is 0 Å². The Bertz CT molecular complexity index is 828. The maximum absolute atomic E-state index is 12.7. The summed E-state index contributed by atoms with van der Waals surface area (Å²) in [6, 6.07) is 0. The topological polar surface area (TPSA) is 95.3 Å². The van der Waals surface area contributed by atoms with Gasteiger partial charge in [0.15, 0.2) is 5.96 Å². The molecule has 2 saturated heterocycles. The molecule has 11 heteroatoms. The number of aromatic nitrogens is 2. The van der Waals surface area contributed by atoms with E-state index < -0.39 is 5.60 Å². The van der Waals surface area contributed by atoms with Crippen LogP contribution >= 0.6 is 24.0 Å². The molecule has 0 saturated carbocycles. The van der Waals surface area contributed by atoms with Crippen molar-refractivity contribution in [3.05, 3.63) is 12.4 Å². The van der Waals surface area contributed by atoms with Gasteiger partial charge >= 0.3 is 6.09 Å². The first-order chi connectivity index (χ1) is 15.2. The Morgan fingerprint density at radius 2 is 1.91 bits per heavy atom. The number of guanidine groups is 1. The van der Waals surface area contributed by atoms with Gasteiger partial charge in [-0.05, 0) is 46.5 Å². The molecule has 1 aromatic heterocycles. The highest BCUT2D eigenvalue weighted by molar-refractivity contribution is 14.0. The smallest absolute Gasteiger partial charge is 0.410 e. The van der Waals surface area contributed by atoms with Crippen LogP contribution < -0.4 is 10.2 Å². The normalized spacial score (nSPS) is 18.3. The molecule has 0 aliphatic carbocycles. The van der Waals surface area contributed by atoms with E-state index in [-0.39, 0.29) is 42.5 Å². The fourth-order valence-electron chi connectivity index (χ4n) is 3.94. The minimum Gasteiger partial charge on any atom is -0.444 e. The standard InChI is InChI=1S/C22H37N7O3.HI/c1-6-23-20(28-11-12-29(19(30)16-28)18-14-25-26(5)15-18)24-13-17-7-9-27(10-8-17)21(31)32-22(2,3)4;/h14-15,17H,6-13,16H2,1-5H3,(H,23,24);1H. The number of hydrogen-bond acceptors (Lipinski definition) is 5. The Labute approximate surface area is 213 Å². The maximum atomic E-state index is 12.7. The summed E-state index contributed by atoms with van der Waals surface area (Å²) in [7, 11) is 1.85. The Hall–Kier alpha value is -2.05. The van der Waals surface area contributed by atoms with Crippen molar-refractivity contribution in [3.63, 3.8) is 0 Å². The summed E-state index contributed by atoms with van der Waals surface area (Å²) in [6.07, 6.45) is 5.14. The van der Waals surface area contributed by atoms with Crippen LogP contribution in [-0.4, -0.2) is 89.0 Å². The van der Waals surface area contributed by atoms with Crippen LogP contribution in [0.2, 0.25) is 0 Å². The maximum Gasteiger partial charge on any atom is 0.410 e. The van der Waals surface area contributed by atoms with Gasteiger partial charge in [0, 0.05) is 52.5 Å². The van der Waals surface area contributed by atoms with Crippen LogP contribution in [0.1, 0.15) is 40.5 Å². The molecule has 0 radical (unpaired) electrons. The molecule has 1 N–H and O–H groups in total. The van der Waals surface area contributed by atoms with Gasteiger partial charge in [-0.2, -0.15) is 5.10 Å². The van der Waals surface area contributed by atoms with E-state index in [0.29, 0.717) is 38.6 Å². The third kappa shape index (κ3) is 7.75. The summed E-state index contributed by atoms with van der Waals surface area (Å²) in [5.74, 6) is 1.23. The predicted molar refractivity (Wildman–Crippen MR) is 139 cm³/mol. The second-order valence-corrected chi connectivity index (χ2v) is 9.44. The highest BCUT2D eigenvalue weighted by Gasteiger charge is 2.29. The minimum absolute atomic E-state index is 0. The molecule has 33 heavy (non-hydrogen) atoms. The number of carbonyl (C=O) groups excluding carboxylic acids is 2. The van der Waals surface area contributed by atoms with Crippen molar-refractivity contribution in [2.45, 2.75) is 46.1 Å². The number of aliphatic imine (C=N–C) groups is 1. The molecular weight excluding hydrogens is 537 g/mol. The van der Waals surface area contributed by atoms with Gasteiger partial charge in [-0.25, -0.2) is 4.79 Å². The number of likely N-dealkylation sites (tertiary alicyclic amines) is 1. The van der Waals surface area contributed by atoms with Crippen LogP contribution in [-0.2, 0) is 16.6 Å². The third-order valence-corrected chi connectivity index (χ3v) is 5.62. The first-order valence-electron chi connectivity index (χ1n) is 11.5. The van der Waals surface area contributed by atoms with Gasteiger partial charge in [0.05, 0.1) is 11.9 Å². The summed E-state index contributed by atoms with van der Waals surface area (Å²) in [5.41, 5.74) is 0.355. The molecule has 2 aliphatic rings. The van der Waals surface area contributed by atoms with Gasteiger partial charge in [0.1, 0.15) is 12.1 Å². The monoisotopic (exact) mass is 575 g/mol. The second-order valence-electron chi connectivity index (χ2n) is 9.44. The quantitative estimate of drug-likeness (QED) is 0.337. The first-order valence-corrected chi connectivity index (χ1v) is 11.5.